The largest absolute Gasteiger partial charge is 0.369 e. The molecule has 4 nitrogen and oxygen atoms in total. The molecule has 0 amide bonds. The molecular formula is C10H16N4. The van der Waals surface area contributed by atoms with Gasteiger partial charge in [-0.25, -0.2) is 9.97 Å². The molecule has 1 saturated heterocycles. The predicted octanol–water partition coefficient (Wildman–Crippen LogP) is 0.652. The summed E-state index contributed by atoms with van der Waals surface area (Å²) in [6.07, 6.45) is 7.77. The number of hydrogen-bond acceptors (Lipinski definition) is 4. The molecule has 1 unspecified atom stereocenters. The van der Waals surface area contributed by atoms with Crippen LogP contribution in [-0.2, 0) is 0 Å². The van der Waals surface area contributed by atoms with Gasteiger partial charge in [-0.2, -0.15) is 0 Å². The van der Waals surface area contributed by atoms with Crippen LogP contribution in [0.25, 0.3) is 0 Å². The second-order valence-corrected chi connectivity index (χ2v) is 3.79. The van der Waals surface area contributed by atoms with E-state index in [1.165, 1.54) is 12.8 Å². The first-order valence-electron chi connectivity index (χ1n) is 5.10. The summed E-state index contributed by atoms with van der Waals surface area (Å²) in [6, 6.07) is 0. The molecule has 0 spiro atoms. The van der Waals surface area contributed by atoms with Crippen molar-refractivity contribution in [3.63, 3.8) is 0 Å². The molecule has 1 aromatic rings. The first-order valence-corrected chi connectivity index (χ1v) is 5.10. The lowest BCUT2D eigenvalue weighted by Gasteiger charge is -2.33. The third-order valence-corrected chi connectivity index (χ3v) is 2.76. The van der Waals surface area contributed by atoms with Crippen LogP contribution >= 0.6 is 0 Å². The summed E-state index contributed by atoms with van der Waals surface area (Å²) in [7, 11) is 0. The van der Waals surface area contributed by atoms with E-state index in [0.717, 1.165) is 25.3 Å². The Labute approximate surface area is 84.2 Å². The third-order valence-electron chi connectivity index (χ3n) is 2.76. The van der Waals surface area contributed by atoms with Crippen LogP contribution in [0.1, 0.15) is 12.8 Å². The smallest absolute Gasteiger partial charge is 0.115 e. The van der Waals surface area contributed by atoms with Crippen molar-refractivity contribution in [3.05, 3.63) is 18.7 Å². The van der Waals surface area contributed by atoms with Crippen LogP contribution < -0.4 is 10.6 Å². The minimum Gasteiger partial charge on any atom is -0.369 e. The molecule has 2 heterocycles. The highest BCUT2D eigenvalue weighted by Crippen LogP contribution is 2.20. The molecule has 14 heavy (non-hydrogen) atoms. The van der Waals surface area contributed by atoms with Gasteiger partial charge in [0, 0.05) is 13.1 Å². The lowest BCUT2D eigenvalue weighted by molar-refractivity contribution is 0.423. The minimum absolute atomic E-state index is 0.629. The normalized spacial score (nSPS) is 22.4. The molecule has 0 aromatic carbocycles. The Kier molecular flexibility index (Phi) is 2.93. The van der Waals surface area contributed by atoms with Crippen molar-refractivity contribution in [2.24, 2.45) is 11.7 Å². The Bertz CT molecular complexity index is 275. The second-order valence-electron chi connectivity index (χ2n) is 3.79. The zero-order valence-electron chi connectivity index (χ0n) is 8.26. The number of nitrogens with two attached hydrogens (primary N) is 1. The molecule has 1 aliphatic heterocycles. The van der Waals surface area contributed by atoms with Crippen LogP contribution in [-0.4, -0.2) is 29.6 Å². The van der Waals surface area contributed by atoms with E-state index in [4.69, 9.17) is 5.73 Å². The van der Waals surface area contributed by atoms with Gasteiger partial charge in [0.15, 0.2) is 0 Å². The van der Waals surface area contributed by atoms with E-state index in [9.17, 15) is 0 Å². The predicted molar refractivity (Wildman–Crippen MR) is 56.0 cm³/mol. The van der Waals surface area contributed by atoms with E-state index in [1.54, 1.807) is 6.33 Å². The van der Waals surface area contributed by atoms with Crippen LogP contribution in [0.3, 0.4) is 0 Å². The fourth-order valence-corrected chi connectivity index (χ4v) is 1.95. The van der Waals surface area contributed by atoms with E-state index in [-0.39, 0.29) is 0 Å². The standard InChI is InChI=1S/C10H16N4/c11-4-9-2-1-3-14(7-9)10-5-12-8-13-6-10/h5-6,8-9H,1-4,7,11H2. The van der Waals surface area contributed by atoms with Crippen molar-refractivity contribution < 1.29 is 0 Å². The molecule has 2 N–H and O–H groups in total. The first-order chi connectivity index (χ1) is 6.90. The van der Waals surface area contributed by atoms with Gasteiger partial charge in [-0.05, 0) is 25.3 Å². The molecular weight excluding hydrogens is 176 g/mol. The Balaban J connectivity index is 2.04. The number of piperidine rings is 1. The quantitative estimate of drug-likeness (QED) is 0.747. The van der Waals surface area contributed by atoms with Gasteiger partial charge in [-0.1, -0.05) is 0 Å². The zero-order valence-corrected chi connectivity index (χ0v) is 8.26. The van der Waals surface area contributed by atoms with Crippen LogP contribution in [0.5, 0.6) is 0 Å². The maximum absolute atomic E-state index is 5.69. The minimum atomic E-state index is 0.629. The van der Waals surface area contributed by atoms with Crippen molar-refractivity contribution in [2.75, 3.05) is 24.5 Å². The topological polar surface area (TPSA) is 55.0 Å². The summed E-state index contributed by atoms with van der Waals surface area (Å²) in [6.45, 7) is 2.93. The van der Waals surface area contributed by atoms with Crippen molar-refractivity contribution in [1.29, 1.82) is 0 Å². The van der Waals surface area contributed by atoms with Gasteiger partial charge in [-0.3, -0.25) is 0 Å². The lowest BCUT2D eigenvalue weighted by atomic mass is 9.98. The Morgan fingerprint density at radius 2 is 2.21 bits per heavy atom. The summed E-state index contributed by atoms with van der Waals surface area (Å²) in [4.78, 5) is 10.4. The maximum atomic E-state index is 5.69. The van der Waals surface area contributed by atoms with Crippen molar-refractivity contribution >= 4 is 5.69 Å². The molecule has 0 bridgehead atoms. The van der Waals surface area contributed by atoms with Gasteiger partial charge < -0.3 is 10.6 Å². The number of hydrogen-bond donors (Lipinski definition) is 1. The zero-order chi connectivity index (χ0) is 9.80. The summed E-state index contributed by atoms with van der Waals surface area (Å²) < 4.78 is 0. The van der Waals surface area contributed by atoms with E-state index >= 15 is 0 Å². The maximum Gasteiger partial charge on any atom is 0.115 e. The highest BCUT2D eigenvalue weighted by molar-refractivity contribution is 5.41. The Hall–Kier alpha value is -1.16. The van der Waals surface area contributed by atoms with Crippen molar-refractivity contribution in [1.82, 2.24) is 9.97 Å². The summed E-state index contributed by atoms with van der Waals surface area (Å²) in [5.41, 5.74) is 6.80. The first kappa shape index (κ1) is 9.40. The molecule has 1 atom stereocenters. The van der Waals surface area contributed by atoms with Gasteiger partial charge >= 0.3 is 0 Å². The molecule has 1 aliphatic rings. The Morgan fingerprint density at radius 1 is 1.43 bits per heavy atom. The van der Waals surface area contributed by atoms with Crippen LogP contribution in [0.4, 0.5) is 5.69 Å². The van der Waals surface area contributed by atoms with Gasteiger partial charge in [0.2, 0.25) is 0 Å². The summed E-state index contributed by atoms with van der Waals surface area (Å²) >= 11 is 0. The van der Waals surface area contributed by atoms with E-state index in [0.29, 0.717) is 5.92 Å². The van der Waals surface area contributed by atoms with Gasteiger partial charge in [0.1, 0.15) is 6.33 Å². The molecule has 1 aromatic heterocycles. The average Bonchev–Trinajstić information content (AvgIpc) is 2.30. The Morgan fingerprint density at radius 3 is 2.93 bits per heavy atom. The van der Waals surface area contributed by atoms with Gasteiger partial charge in [-0.15, -0.1) is 0 Å². The number of aromatic nitrogens is 2. The number of nitrogens with zero attached hydrogens (tertiary/aromatic N) is 3. The fourth-order valence-electron chi connectivity index (χ4n) is 1.95. The molecule has 0 aliphatic carbocycles. The average molecular weight is 192 g/mol. The summed E-state index contributed by atoms with van der Waals surface area (Å²) in [5.74, 6) is 0.629. The molecule has 76 valence electrons. The molecule has 4 heteroatoms. The van der Waals surface area contributed by atoms with Crippen LogP contribution in [0, 0.1) is 5.92 Å². The van der Waals surface area contributed by atoms with E-state index < -0.39 is 0 Å². The van der Waals surface area contributed by atoms with Crippen molar-refractivity contribution in [2.45, 2.75) is 12.8 Å². The lowest BCUT2D eigenvalue weighted by Crippen LogP contribution is -2.38. The fraction of sp³-hybridized carbons (Fsp3) is 0.600. The van der Waals surface area contributed by atoms with Crippen LogP contribution in [0.15, 0.2) is 18.7 Å². The highest BCUT2D eigenvalue weighted by atomic mass is 15.2. The molecule has 1 fully saturated rings. The highest BCUT2D eigenvalue weighted by Gasteiger charge is 2.18. The van der Waals surface area contributed by atoms with E-state index in [2.05, 4.69) is 14.9 Å². The third kappa shape index (κ3) is 2.01. The second kappa shape index (κ2) is 4.37. The number of rotatable bonds is 2. The van der Waals surface area contributed by atoms with Crippen LogP contribution in [0.2, 0.25) is 0 Å². The number of anilines is 1. The summed E-state index contributed by atoms with van der Waals surface area (Å²) in [5, 5.41) is 0. The monoisotopic (exact) mass is 192 g/mol. The molecule has 2 rings (SSSR count). The van der Waals surface area contributed by atoms with Gasteiger partial charge in [0.25, 0.3) is 0 Å². The van der Waals surface area contributed by atoms with Crippen molar-refractivity contribution in [3.8, 4) is 0 Å². The molecule has 0 radical (unpaired) electrons. The van der Waals surface area contributed by atoms with Gasteiger partial charge in [0.05, 0.1) is 18.1 Å². The van der Waals surface area contributed by atoms with E-state index in [1.807, 2.05) is 12.4 Å². The SMILES string of the molecule is NCC1CCCN(c2cncnc2)C1. The molecule has 0 saturated carbocycles.